The highest BCUT2D eigenvalue weighted by Gasteiger charge is 2.18. The molecule has 0 aromatic heterocycles. The van der Waals surface area contributed by atoms with Crippen molar-refractivity contribution in [2.24, 2.45) is 0 Å². The smallest absolute Gasteiger partial charge is 0.251 e. The molecular formula is C22H37NO2. The Bertz CT molecular complexity index is 447. The predicted molar refractivity (Wildman–Crippen MR) is 105 cm³/mol. The minimum Gasteiger partial charge on any atom is -0.383 e. The second-order valence-corrected chi connectivity index (χ2v) is 7.17. The van der Waals surface area contributed by atoms with E-state index in [1.807, 2.05) is 30.3 Å². The van der Waals surface area contributed by atoms with Crippen LogP contribution in [-0.4, -0.2) is 29.1 Å². The Balaban J connectivity index is 2.05. The zero-order valence-electron chi connectivity index (χ0n) is 16.3. The third kappa shape index (κ3) is 10.3. The monoisotopic (exact) mass is 347 g/mol. The lowest BCUT2D eigenvalue weighted by molar-refractivity contribution is -0.139. The number of rotatable bonds is 14. The Morgan fingerprint density at radius 1 is 0.920 bits per heavy atom. The average Bonchev–Trinajstić information content (AvgIpc) is 2.63. The van der Waals surface area contributed by atoms with Gasteiger partial charge in [0, 0.05) is 13.6 Å². The summed E-state index contributed by atoms with van der Waals surface area (Å²) in [5.41, 5.74) is 1.09. The summed E-state index contributed by atoms with van der Waals surface area (Å²) in [6, 6.07) is 9.89. The summed E-state index contributed by atoms with van der Waals surface area (Å²) < 4.78 is 0. The Labute approximate surface area is 154 Å². The van der Waals surface area contributed by atoms with Crippen LogP contribution in [0.25, 0.3) is 0 Å². The van der Waals surface area contributed by atoms with Crippen molar-refractivity contribution in [3.8, 4) is 0 Å². The van der Waals surface area contributed by atoms with E-state index in [4.69, 9.17) is 0 Å². The van der Waals surface area contributed by atoms with E-state index < -0.39 is 6.10 Å². The van der Waals surface area contributed by atoms with Crippen LogP contribution in [-0.2, 0) is 11.3 Å². The molecule has 1 N–H and O–H groups in total. The third-order valence-electron chi connectivity index (χ3n) is 4.75. The number of hydrogen-bond donors (Lipinski definition) is 1. The number of amides is 1. The zero-order chi connectivity index (χ0) is 18.3. The Morgan fingerprint density at radius 3 is 2.00 bits per heavy atom. The molecule has 0 aliphatic heterocycles. The maximum atomic E-state index is 12.2. The number of aliphatic hydroxyl groups is 1. The number of likely N-dealkylation sites (N-methyl/N-ethyl adjacent to an activating group) is 1. The molecule has 0 saturated heterocycles. The summed E-state index contributed by atoms with van der Waals surface area (Å²) >= 11 is 0. The van der Waals surface area contributed by atoms with Crippen molar-refractivity contribution in [2.75, 3.05) is 7.05 Å². The van der Waals surface area contributed by atoms with E-state index in [1.54, 1.807) is 11.9 Å². The van der Waals surface area contributed by atoms with Crippen molar-refractivity contribution in [1.29, 1.82) is 0 Å². The summed E-state index contributed by atoms with van der Waals surface area (Å²) in [6.45, 7) is 2.80. The van der Waals surface area contributed by atoms with Gasteiger partial charge < -0.3 is 10.0 Å². The van der Waals surface area contributed by atoms with Crippen molar-refractivity contribution in [1.82, 2.24) is 4.90 Å². The van der Waals surface area contributed by atoms with Gasteiger partial charge in [0.2, 0.25) is 0 Å². The molecule has 1 atom stereocenters. The summed E-state index contributed by atoms with van der Waals surface area (Å²) in [7, 11) is 1.76. The molecular weight excluding hydrogens is 310 g/mol. The number of carbonyl (C=O) groups is 1. The maximum absolute atomic E-state index is 12.2. The van der Waals surface area contributed by atoms with E-state index in [1.165, 1.54) is 51.4 Å². The zero-order valence-corrected chi connectivity index (χ0v) is 16.3. The predicted octanol–water partition coefficient (Wildman–Crippen LogP) is 5.32. The van der Waals surface area contributed by atoms with Gasteiger partial charge in [-0.05, 0) is 12.0 Å². The van der Waals surface area contributed by atoms with Crippen molar-refractivity contribution in [3.63, 3.8) is 0 Å². The molecule has 1 aromatic rings. The van der Waals surface area contributed by atoms with Crippen LogP contribution >= 0.6 is 0 Å². The van der Waals surface area contributed by atoms with E-state index in [0.717, 1.165) is 18.4 Å². The minimum absolute atomic E-state index is 0.167. The van der Waals surface area contributed by atoms with Crippen molar-refractivity contribution < 1.29 is 9.90 Å². The number of carbonyl (C=O) groups excluding carboxylic acids is 1. The molecule has 0 heterocycles. The van der Waals surface area contributed by atoms with Gasteiger partial charge in [0.15, 0.2) is 0 Å². The van der Waals surface area contributed by atoms with Gasteiger partial charge in [-0.3, -0.25) is 4.79 Å². The van der Waals surface area contributed by atoms with Gasteiger partial charge >= 0.3 is 0 Å². The topological polar surface area (TPSA) is 40.5 Å². The first kappa shape index (κ1) is 21.7. The van der Waals surface area contributed by atoms with E-state index in [2.05, 4.69) is 6.92 Å². The highest BCUT2D eigenvalue weighted by Crippen LogP contribution is 2.13. The molecule has 3 nitrogen and oxygen atoms in total. The Kier molecular flexibility index (Phi) is 12.0. The first-order valence-corrected chi connectivity index (χ1v) is 10.1. The number of unbranched alkanes of at least 4 members (excludes halogenated alkanes) is 9. The summed E-state index contributed by atoms with van der Waals surface area (Å²) in [5.74, 6) is -0.167. The summed E-state index contributed by atoms with van der Waals surface area (Å²) in [5, 5.41) is 10.1. The average molecular weight is 348 g/mol. The lowest BCUT2D eigenvalue weighted by atomic mass is 10.0. The van der Waals surface area contributed by atoms with Gasteiger partial charge in [-0.25, -0.2) is 0 Å². The van der Waals surface area contributed by atoms with Crippen molar-refractivity contribution in [2.45, 2.75) is 90.2 Å². The van der Waals surface area contributed by atoms with E-state index in [-0.39, 0.29) is 5.91 Å². The van der Waals surface area contributed by atoms with Crippen LogP contribution in [0, 0.1) is 0 Å². The van der Waals surface area contributed by atoms with Crippen LogP contribution in [0.3, 0.4) is 0 Å². The lowest BCUT2D eigenvalue weighted by Crippen LogP contribution is -2.35. The molecule has 0 aliphatic carbocycles. The fourth-order valence-corrected chi connectivity index (χ4v) is 3.14. The molecule has 1 unspecified atom stereocenters. The van der Waals surface area contributed by atoms with Crippen molar-refractivity contribution in [3.05, 3.63) is 35.9 Å². The van der Waals surface area contributed by atoms with Gasteiger partial charge in [-0.1, -0.05) is 101 Å². The molecule has 142 valence electrons. The van der Waals surface area contributed by atoms with E-state index >= 15 is 0 Å². The first-order valence-electron chi connectivity index (χ1n) is 10.1. The molecule has 3 heteroatoms. The molecule has 0 saturated carbocycles. The highest BCUT2D eigenvalue weighted by atomic mass is 16.3. The normalized spacial score (nSPS) is 12.1. The molecule has 0 spiro atoms. The van der Waals surface area contributed by atoms with Crippen LogP contribution in [0.4, 0.5) is 0 Å². The number of aliphatic hydroxyl groups excluding tert-OH is 1. The maximum Gasteiger partial charge on any atom is 0.251 e. The Hall–Kier alpha value is -1.35. The molecule has 0 radical (unpaired) electrons. The van der Waals surface area contributed by atoms with Gasteiger partial charge in [-0.2, -0.15) is 0 Å². The lowest BCUT2D eigenvalue weighted by Gasteiger charge is -2.20. The standard InChI is InChI=1S/C22H37NO2/c1-3-4-5-6-7-8-9-10-11-15-18-21(24)22(25)23(2)19-20-16-13-12-14-17-20/h12-14,16-17,21,24H,3-11,15,18-19H2,1-2H3. The van der Waals surface area contributed by atoms with Crippen LogP contribution in [0.15, 0.2) is 30.3 Å². The van der Waals surface area contributed by atoms with Gasteiger partial charge in [0.05, 0.1) is 0 Å². The van der Waals surface area contributed by atoms with Gasteiger partial charge in [0.25, 0.3) is 5.91 Å². The fourth-order valence-electron chi connectivity index (χ4n) is 3.14. The molecule has 0 fully saturated rings. The minimum atomic E-state index is -0.859. The SMILES string of the molecule is CCCCCCCCCCCCC(O)C(=O)N(C)Cc1ccccc1. The molecule has 0 bridgehead atoms. The first-order chi connectivity index (χ1) is 12.1. The molecule has 1 rings (SSSR count). The number of nitrogens with zero attached hydrogens (tertiary/aromatic N) is 1. The molecule has 1 amide bonds. The molecule has 25 heavy (non-hydrogen) atoms. The van der Waals surface area contributed by atoms with Crippen LogP contribution in [0.5, 0.6) is 0 Å². The van der Waals surface area contributed by atoms with Crippen LogP contribution in [0.1, 0.15) is 83.1 Å². The second kappa shape index (κ2) is 13.9. The van der Waals surface area contributed by atoms with Crippen LogP contribution in [0.2, 0.25) is 0 Å². The Morgan fingerprint density at radius 2 is 1.44 bits per heavy atom. The molecule has 1 aromatic carbocycles. The fraction of sp³-hybridized carbons (Fsp3) is 0.682. The van der Waals surface area contributed by atoms with Gasteiger partial charge in [-0.15, -0.1) is 0 Å². The summed E-state index contributed by atoms with van der Waals surface area (Å²) in [6.07, 6.45) is 12.4. The largest absolute Gasteiger partial charge is 0.383 e. The highest BCUT2D eigenvalue weighted by molar-refractivity contribution is 5.80. The molecule has 0 aliphatic rings. The summed E-state index contributed by atoms with van der Waals surface area (Å²) in [4.78, 5) is 13.8. The second-order valence-electron chi connectivity index (χ2n) is 7.17. The van der Waals surface area contributed by atoms with Gasteiger partial charge in [0.1, 0.15) is 6.10 Å². The van der Waals surface area contributed by atoms with E-state index in [9.17, 15) is 9.90 Å². The number of hydrogen-bond acceptors (Lipinski definition) is 2. The van der Waals surface area contributed by atoms with Crippen LogP contribution < -0.4 is 0 Å². The number of benzene rings is 1. The van der Waals surface area contributed by atoms with E-state index in [0.29, 0.717) is 13.0 Å². The van der Waals surface area contributed by atoms with Crippen molar-refractivity contribution >= 4 is 5.91 Å². The third-order valence-corrected chi connectivity index (χ3v) is 4.75. The quantitative estimate of drug-likeness (QED) is 0.463.